The minimum atomic E-state index is 1.07. The second kappa shape index (κ2) is 3.89. The quantitative estimate of drug-likeness (QED) is 0.409. The maximum atomic E-state index is 3.66. The van der Waals surface area contributed by atoms with Gasteiger partial charge >= 0.3 is 0 Å². The van der Waals surface area contributed by atoms with E-state index >= 15 is 0 Å². The number of hydrogen-bond donors (Lipinski definition) is 0. The van der Waals surface area contributed by atoms with Crippen molar-refractivity contribution in [3.8, 4) is 0 Å². The SMILES string of the molecule is C=CCCC=C1C=CC=C1. The monoisotopic (exact) mass is 132 g/mol. The number of allylic oxidation sites excluding steroid dienone is 7. The van der Waals surface area contributed by atoms with Crippen LogP contribution in [0.5, 0.6) is 0 Å². The predicted octanol–water partition coefficient (Wildman–Crippen LogP) is 3.01. The van der Waals surface area contributed by atoms with Crippen LogP contribution in [0.1, 0.15) is 12.8 Å². The lowest BCUT2D eigenvalue weighted by Gasteiger charge is -1.87. The van der Waals surface area contributed by atoms with Crippen LogP contribution < -0.4 is 0 Å². The molecular formula is C10H12. The predicted molar refractivity (Wildman–Crippen MR) is 45.8 cm³/mol. The van der Waals surface area contributed by atoms with Gasteiger partial charge in [0.2, 0.25) is 0 Å². The summed E-state index contributed by atoms with van der Waals surface area (Å²) in [6.07, 6.45) is 14.7. The zero-order chi connectivity index (χ0) is 7.23. The molecule has 0 heterocycles. The second-order valence-corrected chi connectivity index (χ2v) is 2.29. The van der Waals surface area contributed by atoms with E-state index in [4.69, 9.17) is 0 Å². The minimum Gasteiger partial charge on any atom is -0.103 e. The van der Waals surface area contributed by atoms with Crippen LogP contribution in [0.25, 0.3) is 0 Å². The second-order valence-electron chi connectivity index (χ2n) is 2.29. The highest BCUT2D eigenvalue weighted by Crippen LogP contribution is 2.08. The average molecular weight is 132 g/mol. The Morgan fingerprint density at radius 1 is 1.20 bits per heavy atom. The Morgan fingerprint density at radius 3 is 2.50 bits per heavy atom. The molecule has 0 saturated heterocycles. The molecule has 1 aliphatic carbocycles. The number of rotatable bonds is 3. The Hall–Kier alpha value is -1.04. The largest absolute Gasteiger partial charge is 0.103 e. The van der Waals surface area contributed by atoms with Gasteiger partial charge in [-0.15, -0.1) is 6.58 Å². The Bertz CT molecular complexity index is 178. The summed E-state index contributed by atoms with van der Waals surface area (Å²) in [6.45, 7) is 3.66. The maximum Gasteiger partial charge on any atom is -0.0297 e. The van der Waals surface area contributed by atoms with Gasteiger partial charge < -0.3 is 0 Å². The minimum absolute atomic E-state index is 1.07. The van der Waals surface area contributed by atoms with Crippen LogP contribution in [0.2, 0.25) is 0 Å². The molecule has 1 rings (SSSR count). The fourth-order valence-electron chi connectivity index (χ4n) is 0.893. The van der Waals surface area contributed by atoms with Crippen LogP contribution in [0.15, 0.2) is 48.6 Å². The van der Waals surface area contributed by atoms with Crippen molar-refractivity contribution < 1.29 is 0 Å². The van der Waals surface area contributed by atoms with Gasteiger partial charge in [-0.3, -0.25) is 0 Å². The number of unbranched alkanes of at least 4 members (excludes halogenated alkanes) is 1. The summed E-state index contributed by atoms with van der Waals surface area (Å²) in [5.74, 6) is 0. The third-order valence-electron chi connectivity index (χ3n) is 1.44. The molecule has 0 amide bonds. The first-order valence-corrected chi connectivity index (χ1v) is 3.59. The van der Waals surface area contributed by atoms with Crippen LogP contribution >= 0.6 is 0 Å². The summed E-state index contributed by atoms with van der Waals surface area (Å²) >= 11 is 0. The topological polar surface area (TPSA) is 0 Å². The van der Waals surface area contributed by atoms with E-state index in [0.717, 1.165) is 12.8 Å². The van der Waals surface area contributed by atoms with Gasteiger partial charge in [-0.1, -0.05) is 36.5 Å². The summed E-state index contributed by atoms with van der Waals surface area (Å²) in [7, 11) is 0. The van der Waals surface area contributed by atoms with E-state index in [9.17, 15) is 0 Å². The van der Waals surface area contributed by atoms with Gasteiger partial charge in [-0.2, -0.15) is 0 Å². The van der Waals surface area contributed by atoms with Gasteiger partial charge in [0, 0.05) is 0 Å². The molecule has 0 unspecified atom stereocenters. The highest BCUT2D eigenvalue weighted by molar-refractivity contribution is 5.39. The molecule has 1 aliphatic rings. The lowest BCUT2D eigenvalue weighted by atomic mass is 10.2. The molecule has 0 nitrogen and oxygen atoms in total. The Kier molecular flexibility index (Phi) is 2.75. The Morgan fingerprint density at radius 2 is 1.90 bits per heavy atom. The molecule has 0 aliphatic heterocycles. The molecule has 0 radical (unpaired) electrons. The van der Waals surface area contributed by atoms with Gasteiger partial charge in [-0.05, 0) is 18.4 Å². The Labute approximate surface area is 62.3 Å². The first-order chi connectivity index (χ1) is 4.93. The molecular weight excluding hydrogens is 120 g/mol. The smallest absolute Gasteiger partial charge is 0.0297 e. The summed E-state index contributed by atoms with van der Waals surface area (Å²) in [5.41, 5.74) is 1.32. The van der Waals surface area contributed by atoms with E-state index in [1.54, 1.807) is 0 Å². The molecule has 0 fully saturated rings. The maximum absolute atomic E-state index is 3.66. The van der Waals surface area contributed by atoms with Crippen LogP contribution in [0.4, 0.5) is 0 Å². The normalized spacial score (nSPS) is 14.2. The van der Waals surface area contributed by atoms with E-state index < -0.39 is 0 Å². The van der Waals surface area contributed by atoms with Crippen LogP contribution in [0.3, 0.4) is 0 Å². The molecule has 0 spiro atoms. The lowest BCUT2D eigenvalue weighted by molar-refractivity contribution is 1.05. The van der Waals surface area contributed by atoms with Crippen LogP contribution in [-0.2, 0) is 0 Å². The summed E-state index contributed by atoms with van der Waals surface area (Å²) in [6, 6.07) is 0. The van der Waals surface area contributed by atoms with E-state index in [1.807, 2.05) is 6.08 Å². The summed E-state index contributed by atoms with van der Waals surface area (Å²) in [4.78, 5) is 0. The fourth-order valence-corrected chi connectivity index (χ4v) is 0.893. The van der Waals surface area contributed by atoms with Crippen molar-refractivity contribution in [3.05, 3.63) is 48.6 Å². The summed E-state index contributed by atoms with van der Waals surface area (Å²) < 4.78 is 0. The molecule has 0 aromatic carbocycles. The van der Waals surface area contributed by atoms with E-state index in [-0.39, 0.29) is 0 Å². The molecule has 0 atom stereocenters. The van der Waals surface area contributed by atoms with Crippen molar-refractivity contribution in [1.29, 1.82) is 0 Å². The van der Waals surface area contributed by atoms with Crippen molar-refractivity contribution >= 4 is 0 Å². The molecule has 0 bridgehead atoms. The Balaban J connectivity index is 2.33. The van der Waals surface area contributed by atoms with Crippen molar-refractivity contribution in [2.24, 2.45) is 0 Å². The van der Waals surface area contributed by atoms with E-state index in [1.165, 1.54) is 5.57 Å². The first kappa shape index (κ1) is 7.07. The zero-order valence-corrected chi connectivity index (χ0v) is 6.09. The lowest BCUT2D eigenvalue weighted by Crippen LogP contribution is -1.68. The van der Waals surface area contributed by atoms with E-state index in [0.29, 0.717) is 0 Å². The van der Waals surface area contributed by atoms with Gasteiger partial charge in [0.1, 0.15) is 0 Å². The molecule has 52 valence electrons. The van der Waals surface area contributed by atoms with Gasteiger partial charge in [0.25, 0.3) is 0 Å². The van der Waals surface area contributed by atoms with Crippen molar-refractivity contribution in [2.45, 2.75) is 12.8 Å². The number of hydrogen-bond acceptors (Lipinski definition) is 0. The molecule has 0 saturated carbocycles. The molecule has 0 N–H and O–H groups in total. The third kappa shape index (κ3) is 2.06. The molecule has 0 aromatic heterocycles. The van der Waals surface area contributed by atoms with Gasteiger partial charge in [-0.25, -0.2) is 0 Å². The van der Waals surface area contributed by atoms with E-state index in [2.05, 4.69) is 37.0 Å². The van der Waals surface area contributed by atoms with Gasteiger partial charge in [0.15, 0.2) is 0 Å². The van der Waals surface area contributed by atoms with Gasteiger partial charge in [0.05, 0.1) is 0 Å². The first-order valence-electron chi connectivity index (χ1n) is 3.59. The van der Waals surface area contributed by atoms with Crippen molar-refractivity contribution in [3.63, 3.8) is 0 Å². The highest BCUT2D eigenvalue weighted by atomic mass is 13.9. The standard InChI is InChI=1S/C10H12/c1-2-3-4-7-10-8-5-6-9-10/h2,5-9H,1,3-4H2. The average Bonchev–Trinajstić information content (AvgIpc) is 2.41. The van der Waals surface area contributed by atoms with Crippen molar-refractivity contribution in [1.82, 2.24) is 0 Å². The van der Waals surface area contributed by atoms with Crippen LogP contribution in [0, 0.1) is 0 Å². The summed E-state index contributed by atoms with van der Waals surface area (Å²) in [5, 5.41) is 0. The molecule has 0 aromatic rings. The molecule has 10 heavy (non-hydrogen) atoms. The highest BCUT2D eigenvalue weighted by Gasteiger charge is 1.88. The third-order valence-corrected chi connectivity index (χ3v) is 1.44. The molecule has 0 heteroatoms. The zero-order valence-electron chi connectivity index (χ0n) is 6.09. The van der Waals surface area contributed by atoms with Crippen molar-refractivity contribution in [2.75, 3.05) is 0 Å². The van der Waals surface area contributed by atoms with Crippen LogP contribution in [-0.4, -0.2) is 0 Å². The fraction of sp³-hybridized carbons (Fsp3) is 0.200.